The molecule has 1 heterocycles. The van der Waals surface area contributed by atoms with Crippen LogP contribution in [-0.2, 0) is 6.42 Å². The second-order valence-electron chi connectivity index (χ2n) is 4.17. The zero-order valence-electron chi connectivity index (χ0n) is 8.79. The quantitative estimate of drug-likeness (QED) is 0.701. The lowest BCUT2D eigenvalue weighted by Gasteiger charge is -2.21. The molecule has 0 saturated heterocycles. The molecule has 0 aromatic carbocycles. The van der Waals surface area contributed by atoms with E-state index in [4.69, 9.17) is 5.11 Å². The molecule has 0 aliphatic heterocycles. The molecular weight excluding hydrogens is 196 g/mol. The van der Waals surface area contributed by atoms with Crippen LogP contribution in [0.5, 0.6) is 0 Å². The molecule has 0 saturated carbocycles. The molecule has 0 unspecified atom stereocenters. The molecule has 0 atom stereocenters. The molecule has 0 aliphatic carbocycles. The van der Waals surface area contributed by atoms with Crippen LogP contribution in [0, 0.1) is 5.41 Å². The Labute approximate surface area is 89.2 Å². The van der Waals surface area contributed by atoms with E-state index in [-0.39, 0.29) is 12.0 Å². The van der Waals surface area contributed by atoms with E-state index in [0.717, 1.165) is 19.5 Å². The van der Waals surface area contributed by atoms with Crippen LogP contribution in [0.25, 0.3) is 0 Å². The van der Waals surface area contributed by atoms with Gasteiger partial charge < -0.3 is 10.4 Å². The topological polar surface area (TPSA) is 45.1 Å². The van der Waals surface area contributed by atoms with Crippen molar-refractivity contribution in [2.24, 2.45) is 5.41 Å². The Bertz CT molecular complexity index is 247. The minimum absolute atomic E-state index is 0.0249. The van der Waals surface area contributed by atoms with Crippen molar-refractivity contribution in [2.75, 3.05) is 19.7 Å². The maximum absolute atomic E-state index is 9.03. The van der Waals surface area contributed by atoms with Crippen molar-refractivity contribution in [1.29, 1.82) is 0 Å². The highest BCUT2D eigenvalue weighted by Crippen LogP contribution is 2.11. The molecular formula is C10H18N2OS. The van der Waals surface area contributed by atoms with Gasteiger partial charge in [0.15, 0.2) is 0 Å². The second-order valence-corrected chi connectivity index (χ2v) is 5.15. The van der Waals surface area contributed by atoms with Gasteiger partial charge >= 0.3 is 0 Å². The van der Waals surface area contributed by atoms with E-state index in [1.165, 1.54) is 5.01 Å². The van der Waals surface area contributed by atoms with Gasteiger partial charge in [-0.25, -0.2) is 4.98 Å². The highest BCUT2D eigenvalue weighted by Gasteiger charge is 2.15. The van der Waals surface area contributed by atoms with Gasteiger partial charge in [0.25, 0.3) is 0 Å². The molecule has 0 amide bonds. The van der Waals surface area contributed by atoms with Crippen LogP contribution in [0.1, 0.15) is 18.9 Å². The van der Waals surface area contributed by atoms with Crippen LogP contribution >= 0.6 is 11.3 Å². The molecule has 14 heavy (non-hydrogen) atoms. The predicted molar refractivity (Wildman–Crippen MR) is 59.6 cm³/mol. The summed E-state index contributed by atoms with van der Waals surface area (Å²) in [7, 11) is 0. The third-order valence-electron chi connectivity index (χ3n) is 2.03. The van der Waals surface area contributed by atoms with Crippen molar-refractivity contribution >= 4 is 11.3 Å². The molecule has 0 bridgehead atoms. The van der Waals surface area contributed by atoms with Gasteiger partial charge in [0.05, 0.1) is 5.01 Å². The fourth-order valence-electron chi connectivity index (χ4n) is 1.05. The number of rotatable bonds is 6. The Morgan fingerprint density at radius 1 is 1.57 bits per heavy atom. The third kappa shape index (κ3) is 4.17. The lowest BCUT2D eigenvalue weighted by molar-refractivity contribution is 0.157. The zero-order valence-corrected chi connectivity index (χ0v) is 9.60. The molecule has 0 fully saturated rings. The van der Waals surface area contributed by atoms with Crippen LogP contribution in [0.3, 0.4) is 0 Å². The van der Waals surface area contributed by atoms with Gasteiger partial charge in [-0.15, -0.1) is 11.3 Å². The van der Waals surface area contributed by atoms with Gasteiger partial charge in [-0.2, -0.15) is 0 Å². The SMILES string of the molecule is CC(C)(CO)CNCCc1nccs1. The first-order valence-corrected chi connectivity index (χ1v) is 5.72. The first-order chi connectivity index (χ1) is 6.64. The minimum Gasteiger partial charge on any atom is -0.396 e. The van der Waals surface area contributed by atoms with Crippen LogP contribution < -0.4 is 5.32 Å². The highest BCUT2D eigenvalue weighted by atomic mass is 32.1. The van der Waals surface area contributed by atoms with E-state index in [1.54, 1.807) is 11.3 Å². The maximum Gasteiger partial charge on any atom is 0.0937 e. The van der Waals surface area contributed by atoms with Gasteiger partial charge in [0, 0.05) is 43.1 Å². The first-order valence-electron chi connectivity index (χ1n) is 4.84. The van der Waals surface area contributed by atoms with E-state index in [2.05, 4.69) is 10.3 Å². The lowest BCUT2D eigenvalue weighted by Crippen LogP contribution is -2.33. The first kappa shape index (κ1) is 11.6. The Kier molecular flexibility index (Phi) is 4.51. The monoisotopic (exact) mass is 214 g/mol. The molecule has 0 radical (unpaired) electrons. The molecule has 2 N–H and O–H groups in total. The van der Waals surface area contributed by atoms with E-state index in [9.17, 15) is 0 Å². The number of hydrogen-bond donors (Lipinski definition) is 2. The van der Waals surface area contributed by atoms with Gasteiger partial charge in [-0.05, 0) is 0 Å². The molecule has 0 spiro atoms. The molecule has 1 aromatic rings. The lowest BCUT2D eigenvalue weighted by atomic mass is 9.95. The molecule has 1 rings (SSSR count). The molecule has 80 valence electrons. The fraction of sp³-hybridized carbons (Fsp3) is 0.700. The number of nitrogens with one attached hydrogen (secondary N) is 1. The number of nitrogens with zero attached hydrogens (tertiary/aromatic N) is 1. The fourth-order valence-corrected chi connectivity index (χ4v) is 1.67. The average Bonchev–Trinajstić information content (AvgIpc) is 2.65. The van der Waals surface area contributed by atoms with E-state index >= 15 is 0 Å². The molecule has 4 heteroatoms. The van der Waals surface area contributed by atoms with Crippen molar-refractivity contribution in [3.63, 3.8) is 0 Å². The summed E-state index contributed by atoms with van der Waals surface area (Å²) in [6.07, 6.45) is 2.80. The van der Waals surface area contributed by atoms with E-state index in [1.807, 2.05) is 25.4 Å². The normalized spacial score (nSPS) is 11.9. The third-order valence-corrected chi connectivity index (χ3v) is 2.87. The summed E-state index contributed by atoms with van der Waals surface area (Å²) in [4.78, 5) is 4.20. The smallest absolute Gasteiger partial charge is 0.0937 e. The van der Waals surface area contributed by atoms with Crippen molar-refractivity contribution in [3.05, 3.63) is 16.6 Å². The number of aromatic nitrogens is 1. The van der Waals surface area contributed by atoms with E-state index < -0.39 is 0 Å². The van der Waals surface area contributed by atoms with Gasteiger partial charge in [0.2, 0.25) is 0 Å². The van der Waals surface area contributed by atoms with Gasteiger partial charge in [-0.3, -0.25) is 0 Å². The summed E-state index contributed by atoms with van der Waals surface area (Å²) < 4.78 is 0. The maximum atomic E-state index is 9.03. The number of aliphatic hydroxyl groups excluding tert-OH is 1. The van der Waals surface area contributed by atoms with Gasteiger partial charge in [0.1, 0.15) is 0 Å². The second kappa shape index (κ2) is 5.44. The Balaban J connectivity index is 2.11. The summed E-state index contributed by atoms with van der Waals surface area (Å²) in [5.41, 5.74) is -0.0249. The number of aliphatic hydroxyl groups is 1. The number of hydrogen-bond acceptors (Lipinski definition) is 4. The molecule has 3 nitrogen and oxygen atoms in total. The summed E-state index contributed by atoms with van der Waals surface area (Å²) in [6.45, 7) is 6.08. The van der Waals surface area contributed by atoms with Crippen LogP contribution in [0.4, 0.5) is 0 Å². The average molecular weight is 214 g/mol. The van der Waals surface area contributed by atoms with Crippen molar-refractivity contribution < 1.29 is 5.11 Å². The summed E-state index contributed by atoms with van der Waals surface area (Å²) in [5.74, 6) is 0. The van der Waals surface area contributed by atoms with E-state index in [0.29, 0.717) is 0 Å². The Hall–Kier alpha value is -0.450. The summed E-state index contributed by atoms with van der Waals surface area (Å²) in [5, 5.41) is 15.5. The van der Waals surface area contributed by atoms with Gasteiger partial charge in [-0.1, -0.05) is 13.8 Å². The highest BCUT2D eigenvalue weighted by molar-refractivity contribution is 7.09. The van der Waals surface area contributed by atoms with Crippen molar-refractivity contribution in [1.82, 2.24) is 10.3 Å². The standard InChI is InChI=1S/C10H18N2OS/c1-10(2,8-13)7-11-4-3-9-12-5-6-14-9/h5-6,11,13H,3-4,7-8H2,1-2H3. The summed E-state index contributed by atoms with van der Waals surface area (Å²) in [6, 6.07) is 0. The summed E-state index contributed by atoms with van der Waals surface area (Å²) >= 11 is 1.69. The minimum atomic E-state index is -0.0249. The van der Waals surface area contributed by atoms with Crippen LogP contribution in [0.15, 0.2) is 11.6 Å². The van der Waals surface area contributed by atoms with Crippen LogP contribution in [0.2, 0.25) is 0 Å². The van der Waals surface area contributed by atoms with Crippen molar-refractivity contribution in [3.8, 4) is 0 Å². The zero-order chi connectivity index (χ0) is 10.4. The number of thiazole rings is 1. The molecule has 1 aromatic heterocycles. The Morgan fingerprint density at radius 2 is 2.36 bits per heavy atom. The predicted octanol–water partition coefficient (Wildman–Crippen LogP) is 1.29. The largest absolute Gasteiger partial charge is 0.396 e. The Morgan fingerprint density at radius 3 is 2.93 bits per heavy atom. The molecule has 0 aliphatic rings. The van der Waals surface area contributed by atoms with Crippen LogP contribution in [-0.4, -0.2) is 29.8 Å². The van der Waals surface area contributed by atoms with Crippen molar-refractivity contribution in [2.45, 2.75) is 20.3 Å².